The number of phenolic OH excluding ortho intramolecular Hbond substituents is 1. The first-order chi connectivity index (χ1) is 18.4. The van der Waals surface area contributed by atoms with Gasteiger partial charge in [-0.1, -0.05) is 35.3 Å². The van der Waals surface area contributed by atoms with Crippen LogP contribution in [0.15, 0.2) is 36.4 Å². The molecule has 8 nitrogen and oxygen atoms in total. The number of likely N-dealkylation sites (tertiary alicyclic amines) is 1. The molecule has 2 aliphatic rings. The van der Waals surface area contributed by atoms with Crippen molar-refractivity contribution in [3.05, 3.63) is 57.6 Å². The number of phenols is 1. The van der Waals surface area contributed by atoms with Gasteiger partial charge in [-0.15, -0.1) is 0 Å². The quantitative estimate of drug-likeness (QED) is 0.332. The summed E-state index contributed by atoms with van der Waals surface area (Å²) in [4.78, 5) is 27.1. The summed E-state index contributed by atoms with van der Waals surface area (Å²) >= 11 is 11.9. The molecule has 2 aliphatic heterocycles. The molecule has 13 heteroatoms. The summed E-state index contributed by atoms with van der Waals surface area (Å²) in [6.07, 6.45) is -5.02. The highest BCUT2D eigenvalue weighted by molar-refractivity contribution is 6.32. The molecular formula is C26H28Cl2F3N3O5. The van der Waals surface area contributed by atoms with Gasteiger partial charge in [0.25, 0.3) is 0 Å². The van der Waals surface area contributed by atoms with Crippen molar-refractivity contribution in [2.24, 2.45) is 0 Å². The van der Waals surface area contributed by atoms with E-state index in [9.17, 15) is 33.0 Å². The molecule has 0 aromatic heterocycles. The van der Waals surface area contributed by atoms with Crippen LogP contribution in [0.25, 0.3) is 0 Å². The molecule has 39 heavy (non-hydrogen) atoms. The number of nitrogens with one attached hydrogen (secondary N) is 1. The molecule has 0 aliphatic carbocycles. The monoisotopic (exact) mass is 589 g/mol. The lowest BCUT2D eigenvalue weighted by Gasteiger charge is -2.34. The Morgan fingerprint density at radius 2 is 1.74 bits per heavy atom. The van der Waals surface area contributed by atoms with Gasteiger partial charge in [-0.2, -0.15) is 13.2 Å². The highest BCUT2D eigenvalue weighted by Crippen LogP contribution is 2.35. The number of hydrogen-bond donors (Lipinski definition) is 3. The number of halogens is 5. The molecule has 2 atom stereocenters. The SMILES string of the molecule is O=C(Cc1cc(Cl)c(O)cc1N1CC(O)C(NC2CCN(Cc3ccc(Cl)cc3)CC2)C1)OC(=O)C(F)(F)F. The van der Waals surface area contributed by atoms with Crippen molar-refractivity contribution in [1.29, 1.82) is 0 Å². The maximum absolute atomic E-state index is 12.5. The third kappa shape index (κ3) is 7.76. The summed E-state index contributed by atoms with van der Waals surface area (Å²) in [6.45, 7) is 3.04. The van der Waals surface area contributed by atoms with E-state index >= 15 is 0 Å². The van der Waals surface area contributed by atoms with E-state index in [1.54, 1.807) is 4.90 Å². The summed E-state index contributed by atoms with van der Waals surface area (Å²) < 4.78 is 41.3. The van der Waals surface area contributed by atoms with Crippen LogP contribution in [0.1, 0.15) is 24.0 Å². The van der Waals surface area contributed by atoms with E-state index in [2.05, 4.69) is 15.0 Å². The van der Waals surface area contributed by atoms with Crippen molar-refractivity contribution in [3.8, 4) is 5.75 Å². The first kappa shape index (κ1) is 29.4. The molecule has 0 spiro atoms. The number of aromatic hydroxyl groups is 1. The van der Waals surface area contributed by atoms with Crippen LogP contribution in [0.2, 0.25) is 10.0 Å². The lowest BCUT2D eigenvalue weighted by atomic mass is 10.0. The minimum atomic E-state index is -5.31. The van der Waals surface area contributed by atoms with Crippen molar-refractivity contribution in [3.63, 3.8) is 0 Å². The number of nitrogens with zero attached hydrogens (tertiary/aromatic N) is 2. The number of alkyl halides is 3. The number of carbonyl (C=O) groups excluding carboxylic acids is 2. The third-order valence-electron chi connectivity index (χ3n) is 6.91. The van der Waals surface area contributed by atoms with E-state index in [1.165, 1.54) is 17.7 Å². The Kier molecular flexibility index (Phi) is 9.28. The van der Waals surface area contributed by atoms with E-state index in [4.69, 9.17) is 23.2 Å². The van der Waals surface area contributed by atoms with Gasteiger partial charge in [-0.25, -0.2) is 4.79 Å². The van der Waals surface area contributed by atoms with Crippen LogP contribution in [0.4, 0.5) is 18.9 Å². The van der Waals surface area contributed by atoms with Crippen LogP contribution >= 0.6 is 23.2 Å². The van der Waals surface area contributed by atoms with Gasteiger partial charge in [0.2, 0.25) is 0 Å². The fourth-order valence-electron chi connectivity index (χ4n) is 4.94. The molecular weight excluding hydrogens is 562 g/mol. The largest absolute Gasteiger partial charge is 0.506 e. The second-order valence-electron chi connectivity index (χ2n) is 9.79. The molecule has 2 fully saturated rings. The second-order valence-corrected chi connectivity index (χ2v) is 10.6. The maximum atomic E-state index is 12.5. The summed E-state index contributed by atoms with van der Waals surface area (Å²) in [5.74, 6) is -4.33. The number of aliphatic hydroxyl groups excluding tert-OH is 1. The van der Waals surface area contributed by atoms with Crippen LogP contribution in [0.3, 0.4) is 0 Å². The van der Waals surface area contributed by atoms with Crippen LogP contribution in [0.5, 0.6) is 5.75 Å². The normalized spacial score (nSPS) is 20.8. The van der Waals surface area contributed by atoms with Gasteiger partial charge in [0, 0.05) is 42.5 Å². The standard InChI is InChI=1S/C26H28Cl2F3N3O5/c27-17-3-1-15(2-4-17)12-33-7-5-18(6-8-33)32-20-13-34(14-23(20)36)21-11-22(35)19(28)9-16(21)10-24(37)39-25(38)26(29,30)31/h1-4,9,11,18,20,23,32,35-36H,5-8,10,12-14H2. The molecule has 0 bridgehead atoms. The summed E-state index contributed by atoms with van der Waals surface area (Å²) in [7, 11) is 0. The molecule has 2 aromatic carbocycles. The van der Waals surface area contributed by atoms with Gasteiger partial charge < -0.3 is 25.2 Å². The molecule has 2 aromatic rings. The second kappa shape index (κ2) is 12.3. The Morgan fingerprint density at radius 1 is 1.08 bits per heavy atom. The number of anilines is 1. The predicted octanol–water partition coefficient (Wildman–Crippen LogP) is 3.68. The third-order valence-corrected chi connectivity index (χ3v) is 7.46. The number of piperidine rings is 1. The van der Waals surface area contributed by atoms with Crippen LogP contribution in [0, 0.1) is 0 Å². The van der Waals surface area contributed by atoms with Crippen molar-refractivity contribution < 1.29 is 37.7 Å². The van der Waals surface area contributed by atoms with E-state index in [-0.39, 0.29) is 35.0 Å². The summed E-state index contributed by atoms with van der Waals surface area (Å²) in [6, 6.07) is 10.1. The Hall–Kier alpha value is -2.57. The Balaban J connectivity index is 1.35. The average Bonchev–Trinajstić information content (AvgIpc) is 3.23. The lowest BCUT2D eigenvalue weighted by molar-refractivity contribution is -0.201. The van der Waals surface area contributed by atoms with E-state index < -0.39 is 30.6 Å². The van der Waals surface area contributed by atoms with Crippen molar-refractivity contribution in [1.82, 2.24) is 10.2 Å². The lowest BCUT2D eigenvalue weighted by Crippen LogP contribution is -2.49. The molecule has 4 rings (SSSR count). The van der Waals surface area contributed by atoms with Gasteiger partial charge in [0.15, 0.2) is 0 Å². The fourth-order valence-corrected chi connectivity index (χ4v) is 5.25. The molecule has 0 saturated carbocycles. The smallest absolute Gasteiger partial charge is 0.491 e. The van der Waals surface area contributed by atoms with Crippen molar-refractivity contribution in [2.75, 3.05) is 31.1 Å². The number of benzene rings is 2. The first-order valence-electron chi connectivity index (χ1n) is 12.4. The van der Waals surface area contributed by atoms with Gasteiger partial charge in [0.1, 0.15) is 5.75 Å². The maximum Gasteiger partial charge on any atom is 0.491 e. The van der Waals surface area contributed by atoms with E-state index in [0.29, 0.717) is 17.3 Å². The van der Waals surface area contributed by atoms with Gasteiger partial charge in [-0.05, 0) is 55.3 Å². The predicted molar refractivity (Wildman–Crippen MR) is 139 cm³/mol. The van der Waals surface area contributed by atoms with Crippen LogP contribution in [-0.4, -0.2) is 77.6 Å². The van der Waals surface area contributed by atoms with Crippen molar-refractivity contribution in [2.45, 2.75) is 50.2 Å². The number of aliphatic hydroxyl groups is 1. The Bertz CT molecular complexity index is 1190. The minimum absolute atomic E-state index is 0.122. The number of ether oxygens (including phenoxy) is 1. The number of esters is 2. The number of hydrogen-bond acceptors (Lipinski definition) is 8. The average molecular weight is 590 g/mol. The Labute approximate surface area is 233 Å². The molecule has 0 amide bonds. The van der Waals surface area contributed by atoms with Crippen LogP contribution < -0.4 is 10.2 Å². The zero-order chi connectivity index (χ0) is 28.3. The first-order valence-corrected chi connectivity index (χ1v) is 13.1. The zero-order valence-corrected chi connectivity index (χ0v) is 22.3. The molecule has 212 valence electrons. The molecule has 3 N–H and O–H groups in total. The van der Waals surface area contributed by atoms with Gasteiger partial charge in [-0.3, -0.25) is 9.69 Å². The molecule has 2 unspecified atom stereocenters. The highest BCUT2D eigenvalue weighted by Gasteiger charge is 2.42. The Morgan fingerprint density at radius 3 is 2.38 bits per heavy atom. The van der Waals surface area contributed by atoms with Gasteiger partial charge in [0.05, 0.1) is 23.6 Å². The molecule has 2 heterocycles. The summed E-state index contributed by atoms with van der Waals surface area (Å²) in [5, 5.41) is 25.0. The molecule has 0 radical (unpaired) electrons. The van der Waals surface area contributed by atoms with E-state index in [1.807, 2.05) is 24.3 Å². The number of rotatable bonds is 7. The number of carbonyl (C=O) groups is 2. The minimum Gasteiger partial charge on any atom is -0.506 e. The topological polar surface area (TPSA) is 102 Å². The fraction of sp³-hybridized carbons (Fsp3) is 0.462. The van der Waals surface area contributed by atoms with Gasteiger partial charge >= 0.3 is 18.1 Å². The van der Waals surface area contributed by atoms with Crippen LogP contribution in [-0.2, 0) is 27.3 Å². The van der Waals surface area contributed by atoms with E-state index in [0.717, 1.165) is 32.5 Å². The van der Waals surface area contributed by atoms with Crippen molar-refractivity contribution >= 4 is 40.8 Å². The number of β-amino-alcohol motifs (C(OH)–C–C–N with tert-alkyl or cyclic N) is 1. The zero-order valence-electron chi connectivity index (χ0n) is 20.8. The molecule has 2 saturated heterocycles. The summed E-state index contributed by atoms with van der Waals surface area (Å²) in [5.41, 5.74) is 1.64. The highest BCUT2D eigenvalue weighted by atomic mass is 35.5.